The number of hydrogen-bond donors (Lipinski definition) is 2. The Morgan fingerprint density at radius 1 is 0.606 bits per heavy atom. The average molecular weight is 489 g/mol. The fourth-order valence-corrected chi connectivity index (χ4v) is 4.07. The van der Waals surface area contributed by atoms with Gasteiger partial charge in [-0.2, -0.15) is 0 Å². The maximum absolute atomic E-state index is 6.14. The number of benzene rings is 2. The van der Waals surface area contributed by atoms with Crippen LogP contribution in [-0.2, 0) is 0 Å². The van der Waals surface area contributed by atoms with Gasteiger partial charge in [-0.3, -0.25) is 9.98 Å². The van der Waals surface area contributed by atoms with E-state index < -0.39 is 0 Å². The van der Waals surface area contributed by atoms with Crippen molar-refractivity contribution >= 4 is 47.9 Å². The summed E-state index contributed by atoms with van der Waals surface area (Å²) in [6.07, 6.45) is 5.82. The number of nitrogens with two attached hydrogens (primary N) is 2. The van der Waals surface area contributed by atoms with E-state index in [0.717, 1.165) is 43.7 Å². The fourth-order valence-electron chi connectivity index (χ4n) is 4.07. The molecule has 0 bridgehead atoms. The minimum atomic E-state index is 0. The topological polar surface area (TPSA) is 83.2 Å². The molecule has 2 aromatic rings. The first kappa shape index (κ1) is 25.2. The van der Waals surface area contributed by atoms with Gasteiger partial charge in [0.1, 0.15) is 11.7 Å². The number of aliphatic imine (C=N–C) groups is 2. The predicted molar refractivity (Wildman–Crippen MR) is 144 cm³/mol. The number of amidine groups is 2. The number of nitrogens with zero attached hydrogens (tertiary/aromatic N) is 4. The molecule has 33 heavy (non-hydrogen) atoms. The van der Waals surface area contributed by atoms with Crippen molar-refractivity contribution in [1.82, 2.24) is 0 Å². The smallest absolute Gasteiger partial charge is 0.125 e. The summed E-state index contributed by atoms with van der Waals surface area (Å²) in [5, 5.41) is 0. The zero-order valence-corrected chi connectivity index (χ0v) is 20.5. The summed E-state index contributed by atoms with van der Waals surface area (Å²) in [7, 11) is 0. The molecule has 2 aliphatic carbocycles. The first-order chi connectivity index (χ1) is 15.2. The molecule has 1 heterocycles. The van der Waals surface area contributed by atoms with Gasteiger partial charge in [-0.25, -0.2) is 0 Å². The fraction of sp³-hybridized carbons (Fsp3) is 0.440. The van der Waals surface area contributed by atoms with Crippen molar-refractivity contribution in [3.05, 3.63) is 59.7 Å². The molecule has 0 radical (unpaired) electrons. The van der Waals surface area contributed by atoms with E-state index in [1.807, 2.05) is 0 Å². The van der Waals surface area contributed by atoms with Gasteiger partial charge in [0.05, 0.1) is 12.1 Å². The maximum Gasteiger partial charge on any atom is 0.125 e. The SMILES string of the molecule is Cl.Cl.NC(=NC1CC1)c1ccc(N2CCCN(c3ccc(C(N)=NC4CC4)cc3)CC2)cc1. The summed E-state index contributed by atoms with van der Waals surface area (Å²) in [5.74, 6) is 1.34. The lowest BCUT2D eigenvalue weighted by molar-refractivity contribution is 0.806. The Labute approximate surface area is 209 Å². The van der Waals surface area contributed by atoms with Gasteiger partial charge in [0.25, 0.3) is 0 Å². The molecule has 3 fully saturated rings. The highest BCUT2D eigenvalue weighted by Gasteiger charge is 2.22. The molecule has 178 valence electrons. The van der Waals surface area contributed by atoms with Gasteiger partial charge < -0.3 is 21.3 Å². The van der Waals surface area contributed by atoms with E-state index in [2.05, 4.69) is 68.3 Å². The van der Waals surface area contributed by atoms with Crippen LogP contribution in [0, 0.1) is 0 Å². The van der Waals surface area contributed by atoms with Crippen molar-refractivity contribution in [2.75, 3.05) is 36.0 Å². The monoisotopic (exact) mass is 488 g/mol. The van der Waals surface area contributed by atoms with Gasteiger partial charge in [0.2, 0.25) is 0 Å². The van der Waals surface area contributed by atoms with E-state index >= 15 is 0 Å². The van der Waals surface area contributed by atoms with Crippen LogP contribution in [0.3, 0.4) is 0 Å². The minimum absolute atomic E-state index is 0. The summed E-state index contributed by atoms with van der Waals surface area (Å²) >= 11 is 0. The summed E-state index contributed by atoms with van der Waals surface area (Å²) in [4.78, 5) is 14.0. The zero-order valence-electron chi connectivity index (χ0n) is 18.9. The highest BCUT2D eigenvalue weighted by atomic mass is 35.5. The van der Waals surface area contributed by atoms with Crippen molar-refractivity contribution in [3.63, 3.8) is 0 Å². The van der Waals surface area contributed by atoms with E-state index in [9.17, 15) is 0 Å². The van der Waals surface area contributed by atoms with Crippen molar-refractivity contribution in [1.29, 1.82) is 0 Å². The molecule has 4 N–H and O–H groups in total. The molecule has 2 aromatic carbocycles. The van der Waals surface area contributed by atoms with E-state index in [0.29, 0.717) is 23.8 Å². The number of halogens is 2. The second-order valence-corrected chi connectivity index (χ2v) is 8.91. The number of anilines is 2. The van der Waals surface area contributed by atoms with Gasteiger partial charge in [-0.1, -0.05) is 0 Å². The maximum atomic E-state index is 6.14. The Hall–Kier alpha value is -2.44. The average Bonchev–Trinajstić information content (AvgIpc) is 3.69. The van der Waals surface area contributed by atoms with E-state index in [-0.39, 0.29) is 24.8 Å². The lowest BCUT2D eigenvalue weighted by Crippen LogP contribution is -2.30. The van der Waals surface area contributed by atoms with Crippen LogP contribution in [0.25, 0.3) is 0 Å². The van der Waals surface area contributed by atoms with Crippen LogP contribution in [-0.4, -0.2) is 49.9 Å². The molecule has 6 nitrogen and oxygen atoms in total. The zero-order chi connectivity index (χ0) is 21.2. The second kappa shape index (κ2) is 11.1. The number of hydrogen-bond acceptors (Lipinski definition) is 4. The highest BCUT2D eigenvalue weighted by molar-refractivity contribution is 5.98. The Bertz CT molecular complexity index is 886. The molecular formula is C25H34Cl2N6. The van der Waals surface area contributed by atoms with E-state index in [1.165, 1.54) is 37.1 Å². The molecule has 3 aliphatic rings. The molecule has 8 heteroatoms. The van der Waals surface area contributed by atoms with Crippen LogP contribution in [0.15, 0.2) is 58.5 Å². The van der Waals surface area contributed by atoms with Crippen molar-refractivity contribution in [2.24, 2.45) is 21.5 Å². The van der Waals surface area contributed by atoms with Gasteiger partial charge in [-0.05, 0) is 80.6 Å². The van der Waals surface area contributed by atoms with Crippen LogP contribution >= 0.6 is 24.8 Å². The summed E-state index contributed by atoms with van der Waals surface area (Å²) in [5.41, 5.74) is 16.8. The molecule has 0 unspecified atom stereocenters. The van der Waals surface area contributed by atoms with Gasteiger partial charge in [-0.15, -0.1) is 24.8 Å². The summed E-state index contributed by atoms with van der Waals surface area (Å²) < 4.78 is 0. The molecule has 0 aromatic heterocycles. The lowest BCUT2D eigenvalue weighted by atomic mass is 10.1. The first-order valence-corrected chi connectivity index (χ1v) is 11.5. The normalized spacial score (nSPS) is 19.4. The van der Waals surface area contributed by atoms with Crippen LogP contribution in [0.4, 0.5) is 11.4 Å². The Morgan fingerprint density at radius 3 is 1.30 bits per heavy atom. The molecule has 5 rings (SSSR count). The third-order valence-electron chi connectivity index (χ3n) is 6.29. The Morgan fingerprint density at radius 2 is 0.970 bits per heavy atom. The Balaban J connectivity index is 0.00000153. The first-order valence-electron chi connectivity index (χ1n) is 11.5. The molecule has 2 saturated carbocycles. The summed E-state index contributed by atoms with van der Waals surface area (Å²) in [6.45, 7) is 4.11. The predicted octanol–water partition coefficient (Wildman–Crippen LogP) is 3.98. The molecule has 0 atom stereocenters. The van der Waals surface area contributed by atoms with Gasteiger partial charge >= 0.3 is 0 Å². The third-order valence-corrected chi connectivity index (χ3v) is 6.29. The van der Waals surface area contributed by atoms with Gasteiger partial charge in [0.15, 0.2) is 0 Å². The van der Waals surface area contributed by atoms with E-state index in [4.69, 9.17) is 11.5 Å². The highest BCUT2D eigenvalue weighted by Crippen LogP contribution is 2.26. The molecular weight excluding hydrogens is 455 g/mol. The van der Waals surface area contributed by atoms with Crippen LogP contribution < -0.4 is 21.3 Å². The van der Waals surface area contributed by atoms with E-state index in [1.54, 1.807) is 0 Å². The molecule has 0 spiro atoms. The van der Waals surface area contributed by atoms with Crippen molar-refractivity contribution in [3.8, 4) is 0 Å². The van der Waals surface area contributed by atoms with Crippen LogP contribution in [0.5, 0.6) is 0 Å². The molecule has 1 saturated heterocycles. The second-order valence-electron chi connectivity index (χ2n) is 8.91. The Kier molecular flexibility index (Phi) is 8.49. The van der Waals surface area contributed by atoms with Crippen molar-refractivity contribution in [2.45, 2.75) is 44.2 Å². The van der Waals surface area contributed by atoms with Gasteiger partial charge in [0, 0.05) is 48.7 Å². The third kappa shape index (κ3) is 6.55. The quantitative estimate of drug-likeness (QED) is 0.475. The minimum Gasteiger partial charge on any atom is -0.383 e. The lowest BCUT2D eigenvalue weighted by Gasteiger charge is -2.25. The number of rotatable bonds is 6. The van der Waals surface area contributed by atoms with Crippen LogP contribution in [0.1, 0.15) is 43.2 Å². The molecule has 1 aliphatic heterocycles. The summed E-state index contributed by atoms with van der Waals surface area (Å²) in [6, 6.07) is 18.0. The largest absolute Gasteiger partial charge is 0.383 e. The van der Waals surface area contributed by atoms with Crippen molar-refractivity contribution < 1.29 is 0 Å². The standard InChI is InChI=1S/C25H32N6.2ClH/c26-24(28-20-6-7-20)18-2-10-22(11-3-18)30-14-1-15-31(17-16-30)23-12-4-19(5-13-23)25(27)29-21-8-9-21;;/h2-5,10-13,20-21H,1,6-9,14-17H2,(H2,26,28)(H2,27,29);2*1H. The van der Waals surface area contributed by atoms with Crippen LogP contribution in [0.2, 0.25) is 0 Å². The molecule has 0 amide bonds.